The molecule has 0 amide bonds. The third kappa shape index (κ3) is 0.838. The first-order chi connectivity index (χ1) is 4.97. The minimum Gasteiger partial charge on any atom is -0.0638 e. The Morgan fingerprint density at radius 3 is 3.40 bits per heavy atom. The predicted molar refractivity (Wildman–Crippen MR) is 39.7 cm³/mol. The predicted octanol–water partition coefficient (Wildman–Crippen LogP) is -0.374. The van der Waals surface area contributed by atoms with Crippen LogP contribution < -0.4 is 15.6 Å². The molecular formula is C9H8N+. The van der Waals surface area contributed by atoms with Gasteiger partial charge in [-0.15, -0.1) is 0 Å². The summed E-state index contributed by atoms with van der Waals surface area (Å²) in [5.74, 6) is 0. The first kappa shape index (κ1) is 5.66. The maximum absolute atomic E-state index is 4.31. The van der Waals surface area contributed by atoms with Gasteiger partial charge in [0.1, 0.15) is 0 Å². The summed E-state index contributed by atoms with van der Waals surface area (Å²) in [5.41, 5.74) is 0. The lowest BCUT2D eigenvalue weighted by molar-refractivity contribution is 0.868. The van der Waals surface area contributed by atoms with Crippen molar-refractivity contribution in [2.24, 2.45) is 0 Å². The zero-order chi connectivity index (χ0) is 6.81. The van der Waals surface area contributed by atoms with Crippen molar-refractivity contribution >= 4 is 6.08 Å². The summed E-state index contributed by atoms with van der Waals surface area (Å²) < 4.78 is 0. The molecule has 1 nitrogen and oxygen atoms in total. The minimum absolute atomic E-state index is 0.924. The Labute approximate surface area is 59.7 Å². The van der Waals surface area contributed by atoms with Crippen molar-refractivity contribution in [2.75, 3.05) is 6.54 Å². The number of rotatable bonds is 0. The second kappa shape index (κ2) is 2.25. The number of benzene rings is 1. The van der Waals surface area contributed by atoms with Crippen LogP contribution in [-0.4, -0.2) is 6.54 Å². The summed E-state index contributed by atoms with van der Waals surface area (Å²) in [6.07, 6.45) is 3.28. The van der Waals surface area contributed by atoms with E-state index in [9.17, 15) is 0 Å². The van der Waals surface area contributed by atoms with Gasteiger partial charge in [0.15, 0.2) is 0 Å². The molecule has 0 saturated heterocycles. The average Bonchev–Trinajstić information content (AvgIpc) is 2.05. The Morgan fingerprint density at radius 2 is 2.50 bits per heavy atom. The van der Waals surface area contributed by atoms with E-state index >= 15 is 0 Å². The van der Waals surface area contributed by atoms with Gasteiger partial charge in [-0.25, -0.2) is 0 Å². The van der Waals surface area contributed by atoms with Crippen molar-refractivity contribution in [3.05, 3.63) is 34.8 Å². The van der Waals surface area contributed by atoms with E-state index in [0.717, 1.165) is 18.3 Å². The second-order valence-electron chi connectivity index (χ2n) is 2.35. The summed E-state index contributed by atoms with van der Waals surface area (Å²) in [4.78, 5) is 4.31. The Balaban J connectivity index is 2.84. The van der Waals surface area contributed by atoms with Crippen LogP contribution >= 0.6 is 0 Å². The van der Waals surface area contributed by atoms with Crippen molar-refractivity contribution in [1.29, 1.82) is 0 Å². The van der Waals surface area contributed by atoms with Gasteiger partial charge in [0, 0.05) is 16.6 Å². The van der Waals surface area contributed by atoms with Crippen LogP contribution in [0, 0.1) is 6.07 Å². The fourth-order valence-electron chi connectivity index (χ4n) is 1.14. The van der Waals surface area contributed by atoms with Gasteiger partial charge in [-0.3, -0.25) is 0 Å². The van der Waals surface area contributed by atoms with Crippen LogP contribution in [0.1, 0.15) is 6.42 Å². The molecule has 0 unspecified atom stereocenters. The molecule has 0 saturated carbocycles. The Hall–Kier alpha value is -1.11. The number of hydrogen-bond donors (Lipinski definition) is 0. The number of hydrogen-bond acceptors (Lipinski definition) is 1. The third-order valence-electron chi connectivity index (χ3n) is 1.63. The van der Waals surface area contributed by atoms with Crippen LogP contribution in [0.25, 0.3) is 6.08 Å². The van der Waals surface area contributed by atoms with Crippen molar-refractivity contribution in [2.45, 2.75) is 6.42 Å². The summed E-state index contributed by atoms with van der Waals surface area (Å²) in [7, 11) is 0. The van der Waals surface area contributed by atoms with Gasteiger partial charge in [0.2, 0.25) is 6.54 Å². The van der Waals surface area contributed by atoms with E-state index in [1.165, 1.54) is 5.22 Å². The molecule has 1 heterocycles. The van der Waals surface area contributed by atoms with Crippen LogP contribution in [0.3, 0.4) is 0 Å². The lowest BCUT2D eigenvalue weighted by Gasteiger charge is -1.85. The van der Waals surface area contributed by atoms with E-state index in [-0.39, 0.29) is 0 Å². The van der Waals surface area contributed by atoms with Gasteiger partial charge in [0.05, 0.1) is 6.07 Å². The highest BCUT2D eigenvalue weighted by Gasteiger charge is 2.02. The van der Waals surface area contributed by atoms with Crippen molar-refractivity contribution in [3.63, 3.8) is 0 Å². The maximum atomic E-state index is 4.31. The summed E-state index contributed by atoms with van der Waals surface area (Å²) >= 11 is 0. The Kier molecular flexibility index (Phi) is 1.28. The van der Waals surface area contributed by atoms with Gasteiger partial charge >= 0.3 is 0 Å². The van der Waals surface area contributed by atoms with Crippen molar-refractivity contribution in [3.8, 4) is 0 Å². The van der Waals surface area contributed by atoms with Crippen LogP contribution in [0.15, 0.2) is 18.2 Å². The Bertz CT molecular complexity index is 303. The molecule has 10 heavy (non-hydrogen) atoms. The standard InChI is InChI=1S/C9H8N/c1-2-6-9-8(4-1)5-3-7-10-9/h1-2,4-5H,3,7H2/q+1. The van der Waals surface area contributed by atoms with Crippen LogP contribution in [0.4, 0.5) is 0 Å². The fraction of sp³-hybridized carbons (Fsp3) is 0.222. The molecular weight excluding hydrogens is 122 g/mol. The molecule has 1 aromatic rings. The molecule has 0 spiro atoms. The van der Waals surface area contributed by atoms with Gasteiger partial charge < -0.3 is 0 Å². The lowest BCUT2D eigenvalue weighted by atomic mass is 10.2. The molecule has 0 aromatic heterocycles. The van der Waals surface area contributed by atoms with E-state index in [0.29, 0.717) is 0 Å². The zero-order valence-electron chi connectivity index (χ0n) is 5.67. The molecule has 0 aliphatic carbocycles. The smallest absolute Gasteiger partial charge is 0.0638 e. The van der Waals surface area contributed by atoms with E-state index in [2.05, 4.69) is 23.2 Å². The van der Waals surface area contributed by atoms with Crippen LogP contribution in [-0.2, 0) is 0 Å². The largest absolute Gasteiger partial charge is 0.284 e. The molecule has 48 valence electrons. The van der Waals surface area contributed by atoms with E-state index in [4.69, 9.17) is 0 Å². The monoisotopic (exact) mass is 130 g/mol. The van der Waals surface area contributed by atoms with E-state index in [1.807, 2.05) is 12.1 Å². The highest BCUT2D eigenvalue weighted by atomic mass is 14.7. The van der Waals surface area contributed by atoms with Gasteiger partial charge in [0.25, 0.3) is 5.36 Å². The summed E-state index contributed by atoms with van der Waals surface area (Å²) in [5, 5.41) is 2.25. The van der Waals surface area contributed by atoms with Gasteiger partial charge in [-0.2, -0.15) is 0 Å². The molecule has 2 radical (unpaired) electrons. The second-order valence-corrected chi connectivity index (χ2v) is 2.35. The van der Waals surface area contributed by atoms with Crippen LogP contribution in [0.2, 0.25) is 0 Å². The lowest BCUT2D eigenvalue weighted by Crippen LogP contribution is -2.33. The highest BCUT2D eigenvalue weighted by Crippen LogP contribution is 1.79. The minimum atomic E-state index is 0.924. The topological polar surface area (TPSA) is 14.1 Å². The van der Waals surface area contributed by atoms with Gasteiger partial charge in [-0.1, -0.05) is 12.1 Å². The molecule has 1 heteroatoms. The van der Waals surface area contributed by atoms with E-state index in [1.54, 1.807) is 0 Å². The summed E-state index contributed by atoms with van der Waals surface area (Å²) in [6.45, 7) is 0.924. The molecule has 2 rings (SSSR count). The van der Waals surface area contributed by atoms with Crippen LogP contribution in [0.5, 0.6) is 0 Å². The van der Waals surface area contributed by atoms with Crippen molar-refractivity contribution < 1.29 is 0 Å². The molecule has 1 aliphatic heterocycles. The molecule has 0 fully saturated rings. The molecule has 1 aromatic carbocycles. The quantitative estimate of drug-likeness (QED) is 0.455. The van der Waals surface area contributed by atoms with E-state index < -0.39 is 0 Å². The average molecular weight is 130 g/mol. The number of nitrogens with zero attached hydrogens (tertiary/aromatic N) is 1. The molecule has 0 N–H and O–H groups in total. The number of para-hydroxylation sites is 1. The third-order valence-corrected chi connectivity index (χ3v) is 1.63. The first-order valence-electron chi connectivity index (χ1n) is 3.48. The molecule has 0 atom stereocenters. The Morgan fingerprint density at radius 1 is 1.50 bits per heavy atom. The zero-order valence-corrected chi connectivity index (χ0v) is 5.67. The summed E-state index contributed by atoms with van der Waals surface area (Å²) in [6, 6.07) is 9.07. The maximum Gasteiger partial charge on any atom is 0.284 e. The molecule has 0 bridgehead atoms. The normalized spacial score (nSPS) is 14.8. The van der Waals surface area contributed by atoms with Crippen molar-refractivity contribution in [1.82, 2.24) is 4.99 Å². The highest BCUT2D eigenvalue weighted by molar-refractivity contribution is 5.24. The number of fused-ring (bicyclic) bond motifs is 1. The molecule has 1 aliphatic rings. The SMILES string of the molecule is [c]1cccc2c1=[N+]CCC=2. The van der Waals surface area contributed by atoms with Gasteiger partial charge in [-0.05, 0) is 12.1 Å². The first-order valence-corrected chi connectivity index (χ1v) is 3.48. The fourth-order valence-corrected chi connectivity index (χ4v) is 1.14.